The topological polar surface area (TPSA) is 63.0 Å². The van der Waals surface area contributed by atoms with Gasteiger partial charge in [0, 0.05) is 6.07 Å². The SMILES string of the molecule is Cc1ccc(Nc2nc(NN)c(F)cc2F)c(Cl)c1. The van der Waals surface area contributed by atoms with Gasteiger partial charge in [-0.1, -0.05) is 17.7 Å². The molecule has 0 radical (unpaired) electrons. The van der Waals surface area contributed by atoms with Crippen molar-refractivity contribution in [3.8, 4) is 0 Å². The number of benzene rings is 1. The van der Waals surface area contributed by atoms with Crippen LogP contribution in [0.4, 0.5) is 26.1 Å². The second-order valence-electron chi connectivity index (χ2n) is 3.90. The lowest BCUT2D eigenvalue weighted by Crippen LogP contribution is -2.12. The summed E-state index contributed by atoms with van der Waals surface area (Å²) in [6.45, 7) is 1.88. The summed E-state index contributed by atoms with van der Waals surface area (Å²) in [4.78, 5) is 3.69. The normalized spacial score (nSPS) is 10.4. The van der Waals surface area contributed by atoms with Crippen molar-refractivity contribution in [3.05, 3.63) is 46.5 Å². The highest BCUT2D eigenvalue weighted by molar-refractivity contribution is 6.33. The summed E-state index contributed by atoms with van der Waals surface area (Å²) in [6, 6.07) is 5.88. The van der Waals surface area contributed by atoms with Crippen LogP contribution in [0.25, 0.3) is 0 Å². The third-order valence-corrected chi connectivity index (χ3v) is 2.76. The van der Waals surface area contributed by atoms with Gasteiger partial charge in [0.1, 0.15) is 0 Å². The van der Waals surface area contributed by atoms with Gasteiger partial charge in [-0.05, 0) is 24.6 Å². The molecule has 4 nitrogen and oxygen atoms in total. The molecular weight excluding hydrogens is 274 g/mol. The summed E-state index contributed by atoms with van der Waals surface area (Å²) in [7, 11) is 0. The number of aryl methyl sites for hydroxylation is 1. The first-order chi connectivity index (χ1) is 9.01. The van der Waals surface area contributed by atoms with E-state index in [0.717, 1.165) is 5.56 Å². The van der Waals surface area contributed by atoms with Crippen LogP contribution in [0.5, 0.6) is 0 Å². The molecule has 0 fully saturated rings. The van der Waals surface area contributed by atoms with Crippen LogP contribution in [0.15, 0.2) is 24.3 Å². The van der Waals surface area contributed by atoms with Crippen molar-refractivity contribution in [3.63, 3.8) is 0 Å². The minimum Gasteiger partial charge on any atom is -0.336 e. The van der Waals surface area contributed by atoms with Gasteiger partial charge in [-0.3, -0.25) is 0 Å². The van der Waals surface area contributed by atoms with Crippen LogP contribution in [-0.2, 0) is 0 Å². The Hall–Kier alpha value is -1.92. The number of nitrogens with one attached hydrogen (secondary N) is 2. The van der Waals surface area contributed by atoms with Crippen molar-refractivity contribution in [2.45, 2.75) is 6.92 Å². The zero-order valence-corrected chi connectivity index (χ0v) is 10.7. The number of rotatable bonds is 3. The van der Waals surface area contributed by atoms with E-state index in [4.69, 9.17) is 17.4 Å². The standard InChI is InChI=1S/C12H11ClF2N4/c1-6-2-3-10(7(13)4-6)17-11-8(14)5-9(15)12(18-11)19-16/h2-5H,16H2,1H3,(H2,17,18,19). The molecule has 4 N–H and O–H groups in total. The van der Waals surface area contributed by atoms with E-state index in [0.29, 0.717) is 16.8 Å². The van der Waals surface area contributed by atoms with Crippen LogP contribution < -0.4 is 16.6 Å². The van der Waals surface area contributed by atoms with Crippen LogP contribution in [-0.4, -0.2) is 4.98 Å². The Balaban J connectivity index is 2.37. The number of nitrogen functional groups attached to an aromatic ring is 1. The number of nitrogens with two attached hydrogens (primary N) is 1. The minimum absolute atomic E-state index is 0.167. The van der Waals surface area contributed by atoms with Gasteiger partial charge in [-0.25, -0.2) is 19.6 Å². The van der Waals surface area contributed by atoms with Crippen molar-refractivity contribution in [2.24, 2.45) is 5.84 Å². The fraction of sp³-hybridized carbons (Fsp3) is 0.0833. The highest BCUT2D eigenvalue weighted by Gasteiger charge is 2.12. The summed E-state index contributed by atoms with van der Waals surface area (Å²) < 4.78 is 26.8. The zero-order chi connectivity index (χ0) is 14.0. The van der Waals surface area contributed by atoms with E-state index in [1.807, 2.05) is 12.3 Å². The molecule has 0 saturated heterocycles. The number of hydrazine groups is 1. The Bertz CT molecular complexity index is 619. The van der Waals surface area contributed by atoms with E-state index in [2.05, 4.69) is 10.3 Å². The van der Waals surface area contributed by atoms with Gasteiger partial charge in [-0.15, -0.1) is 0 Å². The summed E-state index contributed by atoms with van der Waals surface area (Å²) in [5.41, 5.74) is 3.48. The van der Waals surface area contributed by atoms with Gasteiger partial charge in [0.2, 0.25) is 0 Å². The van der Waals surface area contributed by atoms with Crippen LogP contribution in [0.3, 0.4) is 0 Å². The molecule has 0 unspecified atom stereocenters. The maximum Gasteiger partial charge on any atom is 0.178 e. The number of pyridine rings is 1. The Labute approximate surface area is 113 Å². The average Bonchev–Trinajstić information content (AvgIpc) is 2.35. The van der Waals surface area contributed by atoms with E-state index in [9.17, 15) is 8.78 Å². The predicted octanol–water partition coefficient (Wildman–Crippen LogP) is 3.35. The van der Waals surface area contributed by atoms with Gasteiger partial charge < -0.3 is 10.7 Å². The summed E-state index contributed by atoms with van der Waals surface area (Å²) in [5, 5.41) is 3.10. The monoisotopic (exact) mass is 284 g/mol. The van der Waals surface area contributed by atoms with Crippen LogP contribution in [0.2, 0.25) is 5.02 Å². The lowest BCUT2D eigenvalue weighted by atomic mass is 10.2. The van der Waals surface area contributed by atoms with Crippen molar-refractivity contribution in [1.82, 2.24) is 4.98 Å². The molecule has 2 aromatic rings. The molecule has 0 atom stereocenters. The first-order valence-corrected chi connectivity index (χ1v) is 5.75. The molecular formula is C12H11ClF2N4. The van der Waals surface area contributed by atoms with Gasteiger partial charge in [0.25, 0.3) is 0 Å². The molecule has 0 aliphatic heterocycles. The van der Waals surface area contributed by atoms with Crippen LogP contribution in [0.1, 0.15) is 5.56 Å². The second-order valence-corrected chi connectivity index (χ2v) is 4.31. The maximum absolute atomic E-state index is 13.6. The third kappa shape index (κ3) is 2.91. The highest BCUT2D eigenvalue weighted by atomic mass is 35.5. The Morgan fingerprint density at radius 2 is 1.84 bits per heavy atom. The molecule has 0 aliphatic rings. The Kier molecular flexibility index (Phi) is 3.82. The first-order valence-electron chi connectivity index (χ1n) is 5.37. The van der Waals surface area contributed by atoms with Crippen molar-refractivity contribution >= 4 is 28.9 Å². The minimum atomic E-state index is -0.874. The highest BCUT2D eigenvalue weighted by Crippen LogP contribution is 2.28. The van der Waals surface area contributed by atoms with Crippen molar-refractivity contribution < 1.29 is 8.78 Å². The largest absolute Gasteiger partial charge is 0.336 e. The number of anilines is 3. The van der Waals surface area contributed by atoms with Gasteiger partial charge >= 0.3 is 0 Å². The van der Waals surface area contributed by atoms with Crippen molar-refractivity contribution in [1.29, 1.82) is 0 Å². The van der Waals surface area contributed by atoms with Gasteiger partial charge in [0.05, 0.1) is 10.7 Å². The molecule has 0 aliphatic carbocycles. The third-order valence-electron chi connectivity index (χ3n) is 2.44. The van der Waals surface area contributed by atoms with E-state index < -0.39 is 11.6 Å². The lowest BCUT2D eigenvalue weighted by Gasteiger charge is -2.11. The Morgan fingerprint density at radius 1 is 1.16 bits per heavy atom. The van der Waals surface area contributed by atoms with E-state index in [1.54, 1.807) is 18.2 Å². The maximum atomic E-state index is 13.6. The van der Waals surface area contributed by atoms with Crippen LogP contribution >= 0.6 is 11.6 Å². The number of aromatic nitrogens is 1. The molecule has 1 aromatic carbocycles. The molecule has 0 spiro atoms. The van der Waals surface area contributed by atoms with Gasteiger partial charge in [-0.2, -0.15) is 0 Å². The van der Waals surface area contributed by atoms with Gasteiger partial charge in [0.15, 0.2) is 23.3 Å². The number of hydrogen-bond donors (Lipinski definition) is 3. The van der Waals surface area contributed by atoms with E-state index >= 15 is 0 Å². The predicted molar refractivity (Wildman–Crippen MR) is 71.4 cm³/mol. The molecule has 2 rings (SSSR count). The summed E-state index contributed by atoms with van der Waals surface area (Å²) >= 11 is 6.01. The number of halogens is 3. The number of hydrogen-bond acceptors (Lipinski definition) is 4. The molecule has 0 amide bonds. The zero-order valence-electron chi connectivity index (χ0n) is 9.97. The molecule has 0 bridgehead atoms. The van der Waals surface area contributed by atoms with E-state index in [-0.39, 0.29) is 11.6 Å². The average molecular weight is 285 g/mol. The lowest BCUT2D eigenvalue weighted by molar-refractivity contribution is 0.579. The van der Waals surface area contributed by atoms with E-state index in [1.165, 1.54) is 0 Å². The quantitative estimate of drug-likeness (QED) is 0.597. The fourth-order valence-electron chi connectivity index (χ4n) is 1.50. The molecule has 19 heavy (non-hydrogen) atoms. The molecule has 100 valence electrons. The molecule has 1 heterocycles. The van der Waals surface area contributed by atoms with Crippen molar-refractivity contribution in [2.75, 3.05) is 10.7 Å². The Morgan fingerprint density at radius 3 is 2.47 bits per heavy atom. The summed E-state index contributed by atoms with van der Waals surface area (Å²) in [6.07, 6.45) is 0. The molecule has 1 aromatic heterocycles. The second kappa shape index (κ2) is 5.38. The fourth-order valence-corrected chi connectivity index (χ4v) is 1.79. The molecule has 7 heteroatoms. The first kappa shape index (κ1) is 13.5. The molecule has 0 saturated carbocycles. The smallest absolute Gasteiger partial charge is 0.178 e. The number of nitrogens with zero attached hydrogens (tertiary/aromatic N) is 1. The van der Waals surface area contributed by atoms with Crippen LogP contribution in [0, 0.1) is 18.6 Å². The summed E-state index contributed by atoms with van der Waals surface area (Å²) in [5.74, 6) is 2.95.